The molecule has 1 aromatic heterocycles. The molecular weight excluding hydrogens is 258 g/mol. The fourth-order valence-corrected chi connectivity index (χ4v) is 2.01. The van der Waals surface area contributed by atoms with Crippen molar-refractivity contribution in [1.29, 1.82) is 0 Å². The molecule has 5 heteroatoms. The summed E-state index contributed by atoms with van der Waals surface area (Å²) in [4.78, 5) is 22.8. The van der Waals surface area contributed by atoms with Crippen molar-refractivity contribution in [3.8, 4) is 17.0 Å². The number of pyridine rings is 1. The zero-order chi connectivity index (χ0) is 14.7. The standard InChI is InChI=1S/C15H15NO4/c1-3-16-9-12(15(18)19)14(17)8-13(16)10-4-6-11(20-2)7-5-10/h4-9H,3H2,1-2H3,(H,18,19). The van der Waals surface area contributed by atoms with Crippen molar-refractivity contribution in [3.05, 3.63) is 52.3 Å². The zero-order valence-corrected chi connectivity index (χ0v) is 11.3. The fraction of sp³-hybridized carbons (Fsp3) is 0.200. The Morgan fingerprint density at radius 3 is 2.45 bits per heavy atom. The number of aryl methyl sites for hydroxylation is 1. The van der Waals surface area contributed by atoms with E-state index in [0.717, 1.165) is 11.3 Å². The SMILES string of the molecule is CCn1cc(C(=O)O)c(=O)cc1-c1ccc(OC)cc1. The smallest absolute Gasteiger partial charge is 0.341 e. The van der Waals surface area contributed by atoms with E-state index in [9.17, 15) is 9.59 Å². The molecule has 1 heterocycles. The van der Waals surface area contributed by atoms with Crippen molar-refractivity contribution in [2.75, 3.05) is 7.11 Å². The molecule has 0 aliphatic rings. The highest BCUT2D eigenvalue weighted by molar-refractivity contribution is 5.87. The molecule has 0 fully saturated rings. The molecule has 0 aliphatic carbocycles. The summed E-state index contributed by atoms with van der Waals surface area (Å²) in [6.07, 6.45) is 1.38. The first kappa shape index (κ1) is 13.9. The number of nitrogens with zero attached hydrogens (tertiary/aromatic N) is 1. The van der Waals surface area contributed by atoms with Crippen LogP contribution in [0, 0.1) is 0 Å². The summed E-state index contributed by atoms with van der Waals surface area (Å²) in [6.45, 7) is 2.46. The lowest BCUT2D eigenvalue weighted by Gasteiger charge is -2.13. The van der Waals surface area contributed by atoms with Crippen molar-refractivity contribution in [3.63, 3.8) is 0 Å². The Labute approximate surface area is 116 Å². The summed E-state index contributed by atoms with van der Waals surface area (Å²) in [5.41, 5.74) is 0.809. The van der Waals surface area contributed by atoms with Crippen molar-refractivity contribution < 1.29 is 14.6 Å². The molecule has 0 aliphatic heterocycles. The van der Waals surface area contributed by atoms with Crippen molar-refractivity contribution in [2.45, 2.75) is 13.5 Å². The molecular formula is C15H15NO4. The van der Waals surface area contributed by atoms with Gasteiger partial charge >= 0.3 is 5.97 Å². The van der Waals surface area contributed by atoms with Gasteiger partial charge in [0.1, 0.15) is 11.3 Å². The van der Waals surface area contributed by atoms with Gasteiger partial charge in [-0.3, -0.25) is 4.79 Å². The summed E-state index contributed by atoms with van der Waals surface area (Å²) >= 11 is 0. The summed E-state index contributed by atoms with van der Waals surface area (Å²) in [7, 11) is 1.58. The summed E-state index contributed by atoms with van der Waals surface area (Å²) in [5, 5.41) is 8.99. The maximum Gasteiger partial charge on any atom is 0.341 e. The van der Waals surface area contributed by atoms with Crippen LogP contribution in [0.3, 0.4) is 0 Å². The van der Waals surface area contributed by atoms with Crippen LogP contribution in [0.2, 0.25) is 0 Å². The average molecular weight is 273 g/mol. The number of methoxy groups -OCH3 is 1. The number of carbonyl (C=O) groups is 1. The molecule has 0 saturated carbocycles. The van der Waals surface area contributed by atoms with Gasteiger partial charge in [-0.2, -0.15) is 0 Å². The Bertz CT molecular complexity index is 686. The van der Waals surface area contributed by atoms with Gasteiger partial charge in [-0.1, -0.05) is 0 Å². The van der Waals surface area contributed by atoms with Crippen LogP contribution in [0.1, 0.15) is 17.3 Å². The summed E-state index contributed by atoms with van der Waals surface area (Å²) in [6, 6.07) is 8.62. The monoisotopic (exact) mass is 273 g/mol. The van der Waals surface area contributed by atoms with Crippen LogP contribution in [0.4, 0.5) is 0 Å². The maximum absolute atomic E-state index is 11.8. The Morgan fingerprint density at radius 1 is 1.30 bits per heavy atom. The van der Waals surface area contributed by atoms with E-state index in [1.54, 1.807) is 23.8 Å². The van der Waals surface area contributed by atoms with Gasteiger partial charge in [-0.25, -0.2) is 4.79 Å². The molecule has 0 bridgehead atoms. The number of carboxylic acid groups (broad SMARTS) is 1. The van der Waals surface area contributed by atoms with Gasteiger partial charge in [-0.05, 0) is 36.8 Å². The Morgan fingerprint density at radius 2 is 1.95 bits per heavy atom. The molecule has 104 valence electrons. The Kier molecular flexibility index (Phi) is 3.89. The number of rotatable bonds is 4. The van der Waals surface area contributed by atoms with E-state index in [-0.39, 0.29) is 5.56 Å². The normalized spacial score (nSPS) is 10.3. The summed E-state index contributed by atoms with van der Waals surface area (Å²) < 4.78 is 6.83. The first-order chi connectivity index (χ1) is 9.56. The molecule has 0 saturated heterocycles. The third-order valence-electron chi connectivity index (χ3n) is 3.08. The third-order valence-corrected chi connectivity index (χ3v) is 3.08. The topological polar surface area (TPSA) is 68.5 Å². The minimum Gasteiger partial charge on any atom is -0.497 e. The van der Waals surface area contributed by atoms with E-state index in [1.807, 2.05) is 19.1 Å². The number of ether oxygens (including phenoxy) is 1. The van der Waals surface area contributed by atoms with Crippen molar-refractivity contribution >= 4 is 5.97 Å². The molecule has 2 rings (SSSR count). The fourth-order valence-electron chi connectivity index (χ4n) is 2.01. The molecule has 0 amide bonds. The third kappa shape index (κ3) is 2.56. The van der Waals surface area contributed by atoms with Gasteiger partial charge in [0.25, 0.3) is 0 Å². The molecule has 0 spiro atoms. The van der Waals surface area contributed by atoms with Crippen LogP contribution >= 0.6 is 0 Å². The van der Waals surface area contributed by atoms with Gasteiger partial charge in [0.2, 0.25) is 0 Å². The quantitative estimate of drug-likeness (QED) is 0.927. The molecule has 1 N–H and O–H groups in total. The number of hydrogen-bond donors (Lipinski definition) is 1. The van der Waals surface area contributed by atoms with Crippen molar-refractivity contribution in [2.24, 2.45) is 0 Å². The highest BCUT2D eigenvalue weighted by Gasteiger charge is 2.12. The molecule has 0 radical (unpaired) electrons. The molecule has 20 heavy (non-hydrogen) atoms. The van der Waals surface area contributed by atoms with Crippen molar-refractivity contribution in [1.82, 2.24) is 4.57 Å². The number of aromatic carboxylic acids is 1. The minimum atomic E-state index is -1.21. The zero-order valence-electron chi connectivity index (χ0n) is 11.3. The number of hydrogen-bond acceptors (Lipinski definition) is 3. The second-order valence-corrected chi connectivity index (χ2v) is 4.26. The predicted molar refractivity (Wildman–Crippen MR) is 75.3 cm³/mol. The number of benzene rings is 1. The minimum absolute atomic E-state index is 0.218. The molecule has 1 aromatic carbocycles. The van der Waals surface area contributed by atoms with Gasteiger partial charge in [0.05, 0.1) is 12.8 Å². The van der Waals surface area contributed by atoms with Crippen LogP contribution in [-0.4, -0.2) is 22.8 Å². The van der Waals surface area contributed by atoms with Crippen LogP contribution in [-0.2, 0) is 6.54 Å². The van der Waals surface area contributed by atoms with E-state index < -0.39 is 11.4 Å². The lowest BCUT2D eigenvalue weighted by molar-refractivity contribution is 0.0694. The van der Waals surface area contributed by atoms with E-state index in [0.29, 0.717) is 12.2 Å². The first-order valence-corrected chi connectivity index (χ1v) is 6.19. The lowest BCUT2D eigenvalue weighted by atomic mass is 10.1. The van der Waals surface area contributed by atoms with Gasteiger partial charge in [0, 0.05) is 18.8 Å². The largest absolute Gasteiger partial charge is 0.497 e. The Hall–Kier alpha value is -2.56. The van der Waals surface area contributed by atoms with Crippen LogP contribution in [0.25, 0.3) is 11.3 Å². The maximum atomic E-state index is 11.8. The average Bonchev–Trinajstić information content (AvgIpc) is 2.46. The molecule has 0 atom stereocenters. The molecule has 0 unspecified atom stereocenters. The second kappa shape index (κ2) is 5.61. The van der Waals surface area contributed by atoms with Gasteiger partial charge in [0.15, 0.2) is 5.43 Å². The number of aromatic nitrogens is 1. The summed E-state index contributed by atoms with van der Waals surface area (Å²) in [5.74, 6) is -0.486. The molecule has 5 nitrogen and oxygen atoms in total. The first-order valence-electron chi connectivity index (χ1n) is 6.19. The van der Waals surface area contributed by atoms with Gasteiger partial charge < -0.3 is 14.4 Å². The van der Waals surface area contributed by atoms with E-state index in [1.165, 1.54) is 12.3 Å². The highest BCUT2D eigenvalue weighted by atomic mass is 16.5. The predicted octanol–water partition coefficient (Wildman–Crippen LogP) is 2.24. The second-order valence-electron chi connectivity index (χ2n) is 4.26. The van der Waals surface area contributed by atoms with E-state index in [4.69, 9.17) is 9.84 Å². The van der Waals surface area contributed by atoms with Gasteiger partial charge in [-0.15, -0.1) is 0 Å². The lowest BCUT2D eigenvalue weighted by Crippen LogP contribution is -2.18. The molecule has 2 aromatic rings. The Balaban J connectivity index is 2.58. The van der Waals surface area contributed by atoms with Crippen LogP contribution < -0.4 is 10.2 Å². The van der Waals surface area contributed by atoms with E-state index >= 15 is 0 Å². The van der Waals surface area contributed by atoms with E-state index in [2.05, 4.69) is 0 Å². The number of carboxylic acids is 1. The highest BCUT2D eigenvalue weighted by Crippen LogP contribution is 2.21. The van der Waals surface area contributed by atoms with Crippen LogP contribution in [0.15, 0.2) is 41.3 Å². The van der Waals surface area contributed by atoms with Crippen LogP contribution in [0.5, 0.6) is 5.75 Å².